The van der Waals surface area contributed by atoms with Crippen LogP contribution in [-0.2, 0) is 6.54 Å². The van der Waals surface area contributed by atoms with E-state index in [9.17, 15) is 4.79 Å². The topological polar surface area (TPSA) is 74.8 Å². The fourth-order valence-electron chi connectivity index (χ4n) is 2.41. The molecule has 0 aromatic heterocycles. The Hall–Kier alpha value is -2.73. The lowest BCUT2D eigenvalue weighted by Gasteiger charge is -2.14. The molecule has 7 heteroatoms. The van der Waals surface area contributed by atoms with Gasteiger partial charge in [-0.15, -0.1) is 0 Å². The van der Waals surface area contributed by atoms with Gasteiger partial charge in [0.1, 0.15) is 5.75 Å². The van der Waals surface area contributed by atoms with Gasteiger partial charge in [-0.25, -0.2) is 0 Å². The van der Waals surface area contributed by atoms with Gasteiger partial charge in [-0.3, -0.25) is 9.79 Å². The van der Waals surface area contributed by atoms with Gasteiger partial charge in [-0.05, 0) is 37.3 Å². The molecular formula is C20H25ClN4O2. The number of nitrogens with one attached hydrogen (secondary N) is 3. The average Bonchev–Trinajstić information content (AvgIpc) is 2.69. The predicted octanol–water partition coefficient (Wildman–Crippen LogP) is 2.83. The van der Waals surface area contributed by atoms with Crippen molar-refractivity contribution in [2.24, 2.45) is 4.99 Å². The van der Waals surface area contributed by atoms with Crippen molar-refractivity contribution in [2.75, 3.05) is 26.7 Å². The molecule has 0 unspecified atom stereocenters. The van der Waals surface area contributed by atoms with Gasteiger partial charge in [0, 0.05) is 42.8 Å². The zero-order valence-electron chi connectivity index (χ0n) is 15.6. The quantitative estimate of drug-likeness (QED) is 0.369. The minimum absolute atomic E-state index is 0.137. The van der Waals surface area contributed by atoms with Gasteiger partial charge in [-0.2, -0.15) is 0 Å². The number of hydrogen-bond donors (Lipinski definition) is 3. The highest BCUT2D eigenvalue weighted by atomic mass is 35.5. The van der Waals surface area contributed by atoms with Gasteiger partial charge in [-0.1, -0.05) is 29.8 Å². The summed E-state index contributed by atoms with van der Waals surface area (Å²) in [6, 6.07) is 14.7. The van der Waals surface area contributed by atoms with Crippen molar-refractivity contribution in [3.8, 4) is 5.75 Å². The second-order valence-electron chi connectivity index (χ2n) is 5.66. The molecular weight excluding hydrogens is 364 g/mol. The van der Waals surface area contributed by atoms with Crippen LogP contribution in [0.3, 0.4) is 0 Å². The first-order valence-electron chi connectivity index (χ1n) is 8.83. The van der Waals surface area contributed by atoms with Crippen LogP contribution in [-0.4, -0.2) is 38.6 Å². The SMILES string of the molecule is CCOc1ccccc1CNC(=NC)NCCNC(=O)c1ccc(Cl)cc1. The molecule has 0 aliphatic rings. The van der Waals surface area contributed by atoms with Crippen molar-refractivity contribution in [3.63, 3.8) is 0 Å². The van der Waals surface area contributed by atoms with Crippen molar-refractivity contribution in [2.45, 2.75) is 13.5 Å². The number of carbonyl (C=O) groups is 1. The third-order valence-electron chi connectivity index (χ3n) is 3.75. The van der Waals surface area contributed by atoms with Gasteiger partial charge in [0.2, 0.25) is 0 Å². The first-order chi connectivity index (χ1) is 13.1. The van der Waals surface area contributed by atoms with E-state index in [1.54, 1.807) is 31.3 Å². The summed E-state index contributed by atoms with van der Waals surface area (Å²) in [6.07, 6.45) is 0. The summed E-state index contributed by atoms with van der Waals surface area (Å²) in [7, 11) is 1.70. The molecule has 2 aromatic carbocycles. The molecule has 0 heterocycles. The highest BCUT2D eigenvalue weighted by molar-refractivity contribution is 6.30. The molecule has 0 radical (unpaired) electrons. The predicted molar refractivity (Wildman–Crippen MR) is 110 cm³/mol. The number of carbonyl (C=O) groups excluding carboxylic acids is 1. The number of rotatable bonds is 8. The number of aliphatic imine (C=N–C) groups is 1. The molecule has 2 rings (SSSR count). The number of para-hydroxylation sites is 1. The first-order valence-corrected chi connectivity index (χ1v) is 9.20. The summed E-state index contributed by atoms with van der Waals surface area (Å²) >= 11 is 5.83. The summed E-state index contributed by atoms with van der Waals surface area (Å²) < 4.78 is 5.62. The lowest BCUT2D eigenvalue weighted by atomic mass is 10.2. The molecule has 0 saturated carbocycles. The molecule has 0 spiro atoms. The van der Waals surface area contributed by atoms with E-state index in [2.05, 4.69) is 20.9 Å². The van der Waals surface area contributed by atoms with Gasteiger partial charge in [0.25, 0.3) is 5.91 Å². The number of ether oxygens (including phenoxy) is 1. The molecule has 0 bridgehead atoms. The Morgan fingerprint density at radius 2 is 1.74 bits per heavy atom. The minimum Gasteiger partial charge on any atom is -0.494 e. The largest absolute Gasteiger partial charge is 0.494 e. The summed E-state index contributed by atoms with van der Waals surface area (Å²) in [6.45, 7) is 4.19. The fourth-order valence-corrected chi connectivity index (χ4v) is 2.53. The second-order valence-corrected chi connectivity index (χ2v) is 6.09. The van der Waals surface area contributed by atoms with Crippen molar-refractivity contribution in [3.05, 3.63) is 64.7 Å². The maximum absolute atomic E-state index is 12.0. The zero-order chi connectivity index (χ0) is 19.5. The van der Waals surface area contributed by atoms with E-state index in [-0.39, 0.29) is 5.91 Å². The van der Waals surface area contributed by atoms with Gasteiger partial charge < -0.3 is 20.7 Å². The molecule has 0 saturated heterocycles. The third kappa shape index (κ3) is 6.83. The van der Waals surface area contributed by atoms with Crippen molar-refractivity contribution in [1.82, 2.24) is 16.0 Å². The molecule has 0 atom stereocenters. The second kappa shape index (κ2) is 11.1. The summed E-state index contributed by atoms with van der Waals surface area (Å²) in [5.74, 6) is 1.38. The number of amides is 1. The van der Waals surface area contributed by atoms with Crippen LogP contribution in [0.5, 0.6) is 5.75 Å². The number of hydrogen-bond acceptors (Lipinski definition) is 3. The lowest BCUT2D eigenvalue weighted by molar-refractivity contribution is 0.0954. The Labute approximate surface area is 165 Å². The molecule has 2 aromatic rings. The fraction of sp³-hybridized carbons (Fsp3) is 0.300. The molecule has 0 aliphatic heterocycles. The van der Waals surface area contributed by atoms with Gasteiger partial charge in [0.15, 0.2) is 5.96 Å². The monoisotopic (exact) mass is 388 g/mol. The van der Waals surface area contributed by atoms with Crippen LogP contribution in [0, 0.1) is 0 Å². The molecule has 0 fully saturated rings. The van der Waals surface area contributed by atoms with E-state index in [1.807, 2.05) is 31.2 Å². The number of nitrogens with zero attached hydrogens (tertiary/aromatic N) is 1. The van der Waals surface area contributed by atoms with Crippen LogP contribution in [0.2, 0.25) is 5.02 Å². The molecule has 27 heavy (non-hydrogen) atoms. The Morgan fingerprint density at radius 1 is 1.04 bits per heavy atom. The summed E-state index contributed by atoms with van der Waals surface area (Å²) in [5.41, 5.74) is 1.63. The average molecular weight is 389 g/mol. The van der Waals surface area contributed by atoms with Gasteiger partial charge in [0.05, 0.1) is 6.61 Å². The summed E-state index contributed by atoms with van der Waals surface area (Å²) in [4.78, 5) is 16.2. The van der Waals surface area contributed by atoms with Crippen molar-refractivity contribution < 1.29 is 9.53 Å². The zero-order valence-corrected chi connectivity index (χ0v) is 16.3. The van der Waals surface area contributed by atoms with Crippen LogP contribution in [0.15, 0.2) is 53.5 Å². The minimum atomic E-state index is -0.137. The van der Waals surface area contributed by atoms with E-state index in [0.29, 0.717) is 42.8 Å². The van der Waals surface area contributed by atoms with E-state index < -0.39 is 0 Å². The first kappa shape index (κ1) is 20.6. The number of halogens is 1. The lowest BCUT2D eigenvalue weighted by Crippen LogP contribution is -2.41. The standard InChI is InChI=1S/C20H25ClN4O2/c1-3-27-18-7-5-4-6-16(18)14-25-20(22-2)24-13-12-23-19(26)15-8-10-17(21)11-9-15/h4-11H,3,12-14H2,1-2H3,(H,23,26)(H2,22,24,25). The molecule has 144 valence electrons. The Bertz CT molecular complexity index is 763. The normalized spacial score (nSPS) is 11.0. The molecule has 6 nitrogen and oxygen atoms in total. The Morgan fingerprint density at radius 3 is 2.44 bits per heavy atom. The van der Waals surface area contributed by atoms with Crippen LogP contribution in [0.25, 0.3) is 0 Å². The molecule has 3 N–H and O–H groups in total. The van der Waals surface area contributed by atoms with Crippen LogP contribution in [0.4, 0.5) is 0 Å². The highest BCUT2D eigenvalue weighted by Gasteiger charge is 2.06. The maximum atomic E-state index is 12.0. The Kier molecular flexibility index (Phi) is 8.45. The van der Waals surface area contributed by atoms with Crippen LogP contribution >= 0.6 is 11.6 Å². The van der Waals surface area contributed by atoms with E-state index in [4.69, 9.17) is 16.3 Å². The third-order valence-corrected chi connectivity index (χ3v) is 4.00. The van der Waals surface area contributed by atoms with Crippen molar-refractivity contribution >= 4 is 23.5 Å². The number of guanidine groups is 1. The highest BCUT2D eigenvalue weighted by Crippen LogP contribution is 2.17. The van der Waals surface area contributed by atoms with E-state index in [0.717, 1.165) is 11.3 Å². The van der Waals surface area contributed by atoms with E-state index >= 15 is 0 Å². The number of benzene rings is 2. The molecule has 1 amide bonds. The Balaban J connectivity index is 1.74. The summed E-state index contributed by atoms with van der Waals surface area (Å²) in [5, 5.41) is 9.87. The van der Waals surface area contributed by atoms with Crippen molar-refractivity contribution in [1.29, 1.82) is 0 Å². The maximum Gasteiger partial charge on any atom is 0.251 e. The molecule has 0 aliphatic carbocycles. The van der Waals surface area contributed by atoms with E-state index in [1.165, 1.54) is 0 Å². The van der Waals surface area contributed by atoms with Gasteiger partial charge >= 0.3 is 0 Å². The van der Waals surface area contributed by atoms with Crippen LogP contribution in [0.1, 0.15) is 22.8 Å². The van der Waals surface area contributed by atoms with Crippen LogP contribution < -0.4 is 20.7 Å². The smallest absolute Gasteiger partial charge is 0.251 e.